The maximum Gasteiger partial charge on any atom is 0.129 e. The Labute approximate surface area is 147 Å². The van der Waals surface area contributed by atoms with Crippen LogP contribution in [0.3, 0.4) is 0 Å². The molecule has 2 aromatic rings. The standard InChI is InChI=1S/C19H22ClFN2O/c20-16-5-3-4-15(12-16)13-22-8-10-23(11-9-22)14-19(24)17-6-1-2-7-18(17)21/h1-7,12,19,24H,8-11,13-14H2/t19-/m1/s1. The number of rotatable bonds is 5. The minimum absolute atomic E-state index is 0.343. The van der Waals surface area contributed by atoms with Crippen molar-refractivity contribution in [2.24, 2.45) is 0 Å². The Morgan fingerprint density at radius 3 is 2.42 bits per heavy atom. The van der Waals surface area contributed by atoms with E-state index in [9.17, 15) is 9.50 Å². The number of hydrogen-bond acceptors (Lipinski definition) is 3. The van der Waals surface area contributed by atoms with Gasteiger partial charge in [-0.1, -0.05) is 41.9 Å². The minimum Gasteiger partial charge on any atom is -0.387 e. The van der Waals surface area contributed by atoms with Gasteiger partial charge in [-0.2, -0.15) is 0 Å². The first-order valence-electron chi connectivity index (χ1n) is 8.23. The molecule has 0 unspecified atom stereocenters. The molecule has 0 aromatic heterocycles. The molecule has 1 aliphatic rings. The first-order chi connectivity index (χ1) is 11.6. The summed E-state index contributed by atoms with van der Waals surface area (Å²) in [6.45, 7) is 4.93. The van der Waals surface area contributed by atoms with Crippen molar-refractivity contribution in [1.82, 2.24) is 9.80 Å². The fraction of sp³-hybridized carbons (Fsp3) is 0.368. The Hall–Kier alpha value is -1.46. The number of piperazine rings is 1. The second-order valence-corrected chi connectivity index (χ2v) is 6.68. The maximum atomic E-state index is 13.7. The lowest BCUT2D eigenvalue weighted by Crippen LogP contribution is -2.47. The Morgan fingerprint density at radius 1 is 1.00 bits per heavy atom. The molecule has 0 saturated carbocycles. The van der Waals surface area contributed by atoms with Crippen LogP contribution in [-0.4, -0.2) is 47.6 Å². The molecule has 0 spiro atoms. The third-order valence-corrected chi connectivity index (χ3v) is 4.69. The Kier molecular flexibility index (Phi) is 5.85. The summed E-state index contributed by atoms with van der Waals surface area (Å²) >= 11 is 6.03. The molecule has 1 aliphatic heterocycles. The number of halogens is 2. The summed E-state index contributed by atoms with van der Waals surface area (Å²) in [6, 6.07) is 14.4. The Balaban J connectivity index is 1.49. The highest BCUT2D eigenvalue weighted by molar-refractivity contribution is 6.30. The molecule has 0 bridgehead atoms. The second kappa shape index (κ2) is 8.08. The molecule has 1 atom stereocenters. The quantitative estimate of drug-likeness (QED) is 0.897. The van der Waals surface area contributed by atoms with Gasteiger partial charge in [0.25, 0.3) is 0 Å². The van der Waals surface area contributed by atoms with Crippen molar-refractivity contribution in [3.63, 3.8) is 0 Å². The summed E-state index contributed by atoms with van der Waals surface area (Å²) in [5.74, 6) is -0.343. The van der Waals surface area contributed by atoms with E-state index in [1.165, 1.54) is 11.6 Å². The van der Waals surface area contributed by atoms with E-state index < -0.39 is 6.10 Å². The van der Waals surface area contributed by atoms with Crippen LogP contribution in [0.1, 0.15) is 17.2 Å². The first-order valence-corrected chi connectivity index (χ1v) is 8.61. The van der Waals surface area contributed by atoms with Gasteiger partial charge in [-0.05, 0) is 23.8 Å². The van der Waals surface area contributed by atoms with Crippen LogP contribution in [0.15, 0.2) is 48.5 Å². The van der Waals surface area contributed by atoms with Crippen molar-refractivity contribution in [1.29, 1.82) is 0 Å². The van der Waals surface area contributed by atoms with Gasteiger partial charge < -0.3 is 5.11 Å². The molecular formula is C19H22ClFN2O. The van der Waals surface area contributed by atoms with E-state index in [0.29, 0.717) is 12.1 Å². The molecule has 3 rings (SSSR count). The van der Waals surface area contributed by atoms with Gasteiger partial charge in [0, 0.05) is 49.9 Å². The van der Waals surface area contributed by atoms with Gasteiger partial charge in [-0.3, -0.25) is 9.80 Å². The minimum atomic E-state index is -0.786. The molecule has 0 aliphatic carbocycles. The van der Waals surface area contributed by atoms with E-state index in [2.05, 4.69) is 15.9 Å². The number of hydrogen-bond donors (Lipinski definition) is 1. The van der Waals surface area contributed by atoms with Crippen molar-refractivity contribution in [3.8, 4) is 0 Å². The number of benzene rings is 2. The SMILES string of the molecule is O[C@H](CN1CCN(Cc2cccc(Cl)c2)CC1)c1ccccc1F. The molecule has 24 heavy (non-hydrogen) atoms. The van der Waals surface area contributed by atoms with Crippen LogP contribution < -0.4 is 0 Å². The number of β-amino-alcohol motifs (C(OH)–C–C–N with tert-alkyl or cyclic N) is 1. The molecule has 5 heteroatoms. The van der Waals surface area contributed by atoms with Gasteiger partial charge in [-0.25, -0.2) is 4.39 Å². The predicted molar refractivity (Wildman–Crippen MR) is 94.5 cm³/mol. The van der Waals surface area contributed by atoms with Gasteiger partial charge in [0.2, 0.25) is 0 Å². The second-order valence-electron chi connectivity index (χ2n) is 6.24. The smallest absolute Gasteiger partial charge is 0.129 e. The van der Waals surface area contributed by atoms with Crippen LogP contribution in [0, 0.1) is 5.82 Å². The van der Waals surface area contributed by atoms with Crippen molar-refractivity contribution in [2.45, 2.75) is 12.6 Å². The monoisotopic (exact) mass is 348 g/mol. The highest BCUT2D eigenvalue weighted by Gasteiger charge is 2.21. The molecule has 128 valence electrons. The number of nitrogens with zero attached hydrogens (tertiary/aromatic N) is 2. The molecule has 2 aromatic carbocycles. The van der Waals surface area contributed by atoms with Crippen molar-refractivity contribution >= 4 is 11.6 Å². The van der Waals surface area contributed by atoms with E-state index in [1.54, 1.807) is 18.2 Å². The fourth-order valence-electron chi connectivity index (χ4n) is 3.11. The maximum absolute atomic E-state index is 13.7. The van der Waals surface area contributed by atoms with Gasteiger partial charge in [-0.15, -0.1) is 0 Å². The molecular weight excluding hydrogens is 327 g/mol. The van der Waals surface area contributed by atoms with Gasteiger partial charge in [0.15, 0.2) is 0 Å². The first kappa shape index (κ1) is 17.4. The lowest BCUT2D eigenvalue weighted by atomic mass is 10.1. The summed E-state index contributed by atoms with van der Waals surface area (Å²) in [6.07, 6.45) is -0.786. The van der Waals surface area contributed by atoms with Crippen LogP contribution in [0.2, 0.25) is 5.02 Å². The lowest BCUT2D eigenvalue weighted by Gasteiger charge is -2.35. The molecule has 0 radical (unpaired) electrons. The molecule has 1 fully saturated rings. The molecule has 1 N–H and O–H groups in total. The van der Waals surface area contributed by atoms with Gasteiger partial charge >= 0.3 is 0 Å². The molecule has 1 saturated heterocycles. The zero-order chi connectivity index (χ0) is 16.9. The third kappa shape index (κ3) is 4.54. The van der Waals surface area contributed by atoms with Crippen LogP contribution >= 0.6 is 11.6 Å². The third-order valence-electron chi connectivity index (χ3n) is 4.46. The summed E-state index contributed by atoms with van der Waals surface area (Å²) in [7, 11) is 0. The van der Waals surface area contributed by atoms with Crippen LogP contribution in [0.4, 0.5) is 4.39 Å². The average molecular weight is 349 g/mol. The molecule has 1 heterocycles. The zero-order valence-electron chi connectivity index (χ0n) is 13.5. The topological polar surface area (TPSA) is 26.7 Å². The zero-order valence-corrected chi connectivity index (χ0v) is 14.3. The Bertz CT molecular complexity index is 674. The van der Waals surface area contributed by atoms with E-state index in [4.69, 9.17) is 11.6 Å². The summed E-state index contributed by atoms with van der Waals surface area (Å²) in [5, 5.41) is 11.0. The normalized spacial score (nSPS) is 17.8. The van der Waals surface area contributed by atoms with Gasteiger partial charge in [0.05, 0.1) is 6.10 Å². The highest BCUT2D eigenvalue weighted by atomic mass is 35.5. The Morgan fingerprint density at radius 2 is 1.71 bits per heavy atom. The lowest BCUT2D eigenvalue weighted by molar-refractivity contribution is 0.0685. The fourth-order valence-corrected chi connectivity index (χ4v) is 3.32. The van der Waals surface area contributed by atoms with E-state index in [-0.39, 0.29) is 5.82 Å². The van der Waals surface area contributed by atoms with E-state index in [0.717, 1.165) is 37.7 Å². The largest absolute Gasteiger partial charge is 0.387 e. The van der Waals surface area contributed by atoms with Gasteiger partial charge in [0.1, 0.15) is 5.82 Å². The van der Waals surface area contributed by atoms with Crippen LogP contribution in [0.25, 0.3) is 0 Å². The molecule has 0 amide bonds. The predicted octanol–water partition coefficient (Wildman–Crippen LogP) is 3.33. The van der Waals surface area contributed by atoms with Crippen LogP contribution in [0.5, 0.6) is 0 Å². The summed E-state index contributed by atoms with van der Waals surface area (Å²) in [5.41, 5.74) is 1.58. The number of aliphatic hydroxyl groups excluding tert-OH is 1. The van der Waals surface area contributed by atoms with Crippen molar-refractivity contribution < 1.29 is 9.50 Å². The summed E-state index contributed by atoms with van der Waals surface area (Å²) in [4.78, 5) is 4.56. The average Bonchev–Trinajstić information content (AvgIpc) is 2.57. The number of aliphatic hydroxyl groups is 1. The van der Waals surface area contributed by atoms with Crippen LogP contribution in [-0.2, 0) is 6.54 Å². The van der Waals surface area contributed by atoms with E-state index >= 15 is 0 Å². The molecule has 3 nitrogen and oxygen atoms in total. The van der Waals surface area contributed by atoms with Crippen molar-refractivity contribution in [2.75, 3.05) is 32.7 Å². The van der Waals surface area contributed by atoms with Crippen molar-refractivity contribution in [3.05, 3.63) is 70.5 Å². The highest BCUT2D eigenvalue weighted by Crippen LogP contribution is 2.19. The summed E-state index contributed by atoms with van der Waals surface area (Å²) < 4.78 is 13.7. The van der Waals surface area contributed by atoms with E-state index in [1.807, 2.05) is 18.2 Å².